The molecule has 0 radical (unpaired) electrons. The van der Waals surface area contributed by atoms with Gasteiger partial charge in [0.15, 0.2) is 0 Å². The molecule has 0 aliphatic rings. The molecule has 0 spiro atoms. The van der Waals surface area contributed by atoms with Gasteiger partial charge in [-0.3, -0.25) is 4.79 Å². The third-order valence-electron chi connectivity index (χ3n) is 1.52. The second-order valence-corrected chi connectivity index (χ2v) is 2.82. The van der Waals surface area contributed by atoms with E-state index in [4.69, 9.17) is 5.11 Å². The quantitative estimate of drug-likeness (QED) is 0.259. The van der Waals surface area contributed by atoms with Crippen LogP contribution in [0.2, 0.25) is 0 Å². The Kier molecular flexibility index (Phi) is 12.7. The van der Waals surface area contributed by atoms with E-state index < -0.39 is 17.9 Å². The molecule has 0 amide bonds. The van der Waals surface area contributed by atoms with E-state index in [0.29, 0.717) is 0 Å². The van der Waals surface area contributed by atoms with Crippen LogP contribution in [0, 0.1) is 5.92 Å². The predicted molar refractivity (Wildman–Crippen MR) is 71.8 cm³/mol. The highest BCUT2D eigenvalue weighted by Crippen LogP contribution is 2.01. The number of hydrogen-bond donors (Lipinski definition) is 1. The zero-order chi connectivity index (χ0) is 14.4. The lowest BCUT2D eigenvalue weighted by Crippen LogP contribution is -2.09. The van der Waals surface area contributed by atoms with Crippen molar-refractivity contribution < 1.29 is 19.4 Å². The van der Waals surface area contributed by atoms with Crippen molar-refractivity contribution in [1.29, 1.82) is 0 Å². The summed E-state index contributed by atoms with van der Waals surface area (Å²) in [6.45, 7) is 11.9. The Hall–Kier alpha value is -2.36. The number of carbonyl (C=O) groups excluding carboxylic acids is 1. The van der Waals surface area contributed by atoms with Gasteiger partial charge in [-0.05, 0) is 6.92 Å². The number of aliphatic carboxylic acids is 1. The molecule has 0 aromatic rings. The zero-order valence-corrected chi connectivity index (χ0v) is 10.4. The van der Waals surface area contributed by atoms with Gasteiger partial charge in [0.25, 0.3) is 0 Å². The molecular formula is C14H18O4. The van der Waals surface area contributed by atoms with Crippen LogP contribution >= 0.6 is 0 Å². The monoisotopic (exact) mass is 250 g/mol. The Morgan fingerprint density at radius 2 is 1.72 bits per heavy atom. The molecular weight excluding hydrogens is 232 g/mol. The van der Waals surface area contributed by atoms with Gasteiger partial charge in [-0.1, -0.05) is 37.0 Å². The lowest BCUT2D eigenvalue weighted by Gasteiger charge is -2.01. The summed E-state index contributed by atoms with van der Waals surface area (Å²) in [5.74, 6) is -1.75. The molecule has 0 saturated carbocycles. The molecule has 18 heavy (non-hydrogen) atoms. The highest BCUT2D eigenvalue weighted by atomic mass is 16.5. The lowest BCUT2D eigenvalue weighted by molar-refractivity contribution is -0.139. The smallest absolute Gasteiger partial charge is 0.328 e. The minimum Gasteiger partial charge on any atom is -0.478 e. The molecule has 0 fully saturated rings. The van der Waals surface area contributed by atoms with Crippen molar-refractivity contribution in [3.05, 3.63) is 62.5 Å². The molecule has 4 heteroatoms. The number of esters is 1. The summed E-state index contributed by atoms with van der Waals surface area (Å²) in [4.78, 5) is 20.5. The molecule has 4 nitrogen and oxygen atoms in total. The summed E-state index contributed by atoms with van der Waals surface area (Å²) in [7, 11) is 0. The molecule has 0 bridgehead atoms. The van der Waals surface area contributed by atoms with Crippen LogP contribution in [0.4, 0.5) is 0 Å². The molecule has 0 atom stereocenters. The van der Waals surface area contributed by atoms with E-state index in [-0.39, 0.29) is 0 Å². The summed E-state index contributed by atoms with van der Waals surface area (Å²) in [6.07, 6.45) is 9.98. The second-order valence-electron chi connectivity index (χ2n) is 2.82. The van der Waals surface area contributed by atoms with Gasteiger partial charge in [-0.25, -0.2) is 4.79 Å². The van der Waals surface area contributed by atoms with Gasteiger partial charge in [0.2, 0.25) is 0 Å². The van der Waals surface area contributed by atoms with Crippen LogP contribution in [-0.2, 0) is 14.3 Å². The van der Waals surface area contributed by atoms with Crippen molar-refractivity contribution >= 4 is 11.9 Å². The van der Waals surface area contributed by atoms with Gasteiger partial charge in [0, 0.05) is 6.08 Å². The number of carboxylic acids is 1. The first-order valence-electron chi connectivity index (χ1n) is 5.12. The van der Waals surface area contributed by atoms with Gasteiger partial charge >= 0.3 is 11.9 Å². The second kappa shape index (κ2) is 12.7. The normalized spacial score (nSPS) is 9.67. The van der Waals surface area contributed by atoms with Gasteiger partial charge in [-0.2, -0.15) is 0 Å². The van der Waals surface area contributed by atoms with Crippen LogP contribution in [0.3, 0.4) is 0 Å². The fraction of sp³-hybridized carbons (Fsp3) is 0.143. The van der Waals surface area contributed by atoms with E-state index in [9.17, 15) is 9.59 Å². The van der Waals surface area contributed by atoms with E-state index in [0.717, 1.165) is 12.3 Å². The maximum Gasteiger partial charge on any atom is 0.328 e. The van der Waals surface area contributed by atoms with Crippen LogP contribution in [0.5, 0.6) is 0 Å². The largest absolute Gasteiger partial charge is 0.478 e. The first kappa shape index (κ1) is 18.0. The minimum absolute atomic E-state index is 0.403. The Balaban J connectivity index is 0. The maximum absolute atomic E-state index is 10.8. The third kappa shape index (κ3) is 11.7. The van der Waals surface area contributed by atoms with E-state index in [1.54, 1.807) is 12.2 Å². The molecule has 0 aliphatic carbocycles. The Morgan fingerprint density at radius 1 is 1.17 bits per heavy atom. The first-order chi connectivity index (χ1) is 8.53. The van der Waals surface area contributed by atoms with E-state index in [2.05, 4.69) is 24.5 Å². The van der Waals surface area contributed by atoms with Gasteiger partial charge in [0.1, 0.15) is 0 Å². The average Bonchev–Trinajstić information content (AvgIpc) is 2.32. The van der Waals surface area contributed by atoms with Crippen molar-refractivity contribution in [2.75, 3.05) is 0 Å². The number of hydrogen-bond acceptors (Lipinski definition) is 3. The number of rotatable bonds is 6. The van der Waals surface area contributed by atoms with E-state index >= 15 is 0 Å². The fourth-order valence-corrected chi connectivity index (χ4v) is 0.698. The lowest BCUT2D eigenvalue weighted by atomic mass is 10.1. The number of allylic oxidation sites excluding steroid dienone is 3. The average molecular weight is 250 g/mol. The van der Waals surface area contributed by atoms with Crippen LogP contribution in [-0.4, -0.2) is 17.0 Å². The summed E-state index contributed by atoms with van der Waals surface area (Å²) in [6, 6.07) is 0. The van der Waals surface area contributed by atoms with Crippen LogP contribution in [0.1, 0.15) is 6.92 Å². The number of carbonyl (C=O) groups is 2. The Bertz CT molecular complexity index is 343. The summed E-state index contributed by atoms with van der Waals surface area (Å²) in [5, 5.41) is 8.02. The first-order valence-corrected chi connectivity index (χ1v) is 5.12. The van der Waals surface area contributed by atoms with E-state index in [1.165, 1.54) is 18.2 Å². The fourth-order valence-electron chi connectivity index (χ4n) is 0.698. The molecule has 0 aromatic heterocycles. The molecule has 0 aliphatic heterocycles. The SMILES string of the molecule is C/C=C/C=C/C(=O)O.C=COC(=O)C(C=C)C=C. The predicted octanol–water partition coefficient (Wildman–Crippen LogP) is 2.86. The zero-order valence-electron chi connectivity index (χ0n) is 10.4. The third-order valence-corrected chi connectivity index (χ3v) is 1.52. The van der Waals surface area contributed by atoms with Crippen LogP contribution < -0.4 is 0 Å². The molecule has 0 heterocycles. The van der Waals surface area contributed by atoms with Gasteiger partial charge < -0.3 is 9.84 Å². The molecule has 1 N–H and O–H groups in total. The van der Waals surface area contributed by atoms with Crippen molar-refractivity contribution in [2.24, 2.45) is 5.92 Å². The molecule has 98 valence electrons. The number of ether oxygens (including phenoxy) is 1. The van der Waals surface area contributed by atoms with Crippen molar-refractivity contribution in [2.45, 2.75) is 6.92 Å². The summed E-state index contributed by atoms with van der Waals surface area (Å²) in [5.41, 5.74) is 0. The van der Waals surface area contributed by atoms with E-state index in [1.807, 2.05) is 6.92 Å². The topological polar surface area (TPSA) is 63.6 Å². The summed E-state index contributed by atoms with van der Waals surface area (Å²) < 4.78 is 4.47. The summed E-state index contributed by atoms with van der Waals surface area (Å²) >= 11 is 0. The highest BCUT2D eigenvalue weighted by molar-refractivity contribution is 5.80. The Morgan fingerprint density at radius 3 is 2.06 bits per heavy atom. The van der Waals surface area contributed by atoms with Crippen LogP contribution in [0.15, 0.2) is 62.5 Å². The van der Waals surface area contributed by atoms with Gasteiger partial charge in [0.05, 0.1) is 12.2 Å². The molecule has 0 rings (SSSR count). The standard InChI is InChI=1S/C8H10O2.C6H8O2/c1-4-7(5-2)8(9)10-6-3;1-2-3-4-5-6(7)8/h4-7H,1-3H2;2-5H,1H3,(H,7,8)/b;3-2+,5-4+. The molecule has 0 aromatic carbocycles. The van der Waals surface area contributed by atoms with Gasteiger partial charge in [-0.15, -0.1) is 13.2 Å². The van der Waals surface area contributed by atoms with Crippen molar-refractivity contribution in [3.63, 3.8) is 0 Å². The van der Waals surface area contributed by atoms with Crippen molar-refractivity contribution in [1.82, 2.24) is 0 Å². The molecule has 0 unspecified atom stereocenters. The maximum atomic E-state index is 10.8. The number of carboxylic acid groups (broad SMARTS) is 1. The van der Waals surface area contributed by atoms with Crippen LogP contribution in [0.25, 0.3) is 0 Å². The minimum atomic E-state index is -0.914. The Labute approximate surface area is 107 Å². The highest BCUT2D eigenvalue weighted by Gasteiger charge is 2.09. The van der Waals surface area contributed by atoms with Crippen molar-refractivity contribution in [3.8, 4) is 0 Å². The molecule has 0 saturated heterocycles.